The Hall–Kier alpha value is -1.60. The first-order chi connectivity index (χ1) is 14.0. The number of ether oxygens (including phenoxy) is 1. The van der Waals surface area contributed by atoms with Crippen LogP contribution in [0.4, 0.5) is 0 Å². The first-order valence-corrected chi connectivity index (χ1v) is 11.8. The molecule has 0 aromatic heterocycles. The fourth-order valence-corrected chi connectivity index (χ4v) is 3.87. The Kier molecular flexibility index (Phi) is 7.95. The summed E-state index contributed by atoms with van der Waals surface area (Å²) in [5.41, 5.74) is 4.13. The summed E-state index contributed by atoms with van der Waals surface area (Å²) in [4.78, 5) is 0. The molecular formula is C28H40O. The second-order valence-corrected chi connectivity index (χ2v) is 9.48. The molecule has 3 unspecified atom stereocenters. The van der Waals surface area contributed by atoms with Crippen molar-refractivity contribution in [3.05, 3.63) is 71.3 Å². The molecule has 1 fully saturated rings. The van der Waals surface area contributed by atoms with Crippen molar-refractivity contribution in [2.75, 3.05) is 6.61 Å². The van der Waals surface area contributed by atoms with Crippen molar-refractivity contribution < 1.29 is 4.74 Å². The second kappa shape index (κ2) is 10.4. The minimum atomic E-state index is -0.101. The van der Waals surface area contributed by atoms with E-state index in [4.69, 9.17) is 4.74 Å². The lowest BCUT2D eigenvalue weighted by Gasteiger charge is -2.34. The molecule has 0 bridgehead atoms. The topological polar surface area (TPSA) is 9.23 Å². The smallest absolute Gasteiger partial charge is 0.0748 e. The molecule has 0 spiro atoms. The van der Waals surface area contributed by atoms with Crippen molar-refractivity contribution >= 4 is 0 Å². The van der Waals surface area contributed by atoms with Gasteiger partial charge in [-0.25, -0.2) is 0 Å². The molecule has 1 nitrogen and oxygen atoms in total. The average Bonchev–Trinajstić information content (AvgIpc) is 3.59. The number of aryl methyl sites for hydroxylation is 1. The van der Waals surface area contributed by atoms with Gasteiger partial charge in [0.05, 0.1) is 12.2 Å². The van der Waals surface area contributed by atoms with Crippen LogP contribution in [0.15, 0.2) is 60.2 Å². The van der Waals surface area contributed by atoms with Crippen molar-refractivity contribution in [3.8, 4) is 0 Å². The van der Waals surface area contributed by atoms with E-state index in [-0.39, 0.29) is 5.60 Å². The van der Waals surface area contributed by atoms with Crippen LogP contribution in [-0.4, -0.2) is 12.2 Å². The minimum absolute atomic E-state index is 0.101. The SMILES string of the molecule is CCC(C)CCc1ccc(CC2=CC=CC(C(C)(CC)OCC3CC3)C=C2)cc1. The highest BCUT2D eigenvalue weighted by Gasteiger charge is 2.33. The van der Waals surface area contributed by atoms with Crippen LogP contribution in [0.5, 0.6) is 0 Å². The van der Waals surface area contributed by atoms with Crippen molar-refractivity contribution in [2.45, 2.75) is 78.2 Å². The molecule has 2 aliphatic carbocycles. The van der Waals surface area contributed by atoms with E-state index in [1.54, 1.807) is 0 Å². The number of rotatable bonds is 11. The van der Waals surface area contributed by atoms with Gasteiger partial charge in [-0.15, -0.1) is 0 Å². The molecule has 1 heteroatoms. The van der Waals surface area contributed by atoms with Gasteiger partial charge < -0.3 is 4.74 Å². The summed E-state index contributed by atoms with van der Waals surface area (Å²) in [6.45, 7) is 10.1. The summed E-state index contributed by atoms with van der Waals surface area (Å²) in [6, 6.07) is 9.25. The second-order valence-electron chi connectivity index (χ2n) is 9.48. The molecule has 3 rings (SSSR count). The van der Waals surface area contributed by atoms with Gasteiger partial charge in [0.15, 0.2) is 0 Å². The van der Waals surface area contributed by atoms with Gasteiger partial charge in [-0.05, 0) is 74.0 Å². The van der Waals surface area contributed by atoms with Crippen molar-refractivity contribution in [3.63, 3.8) is 0 Å². The van der Waals surface area contributed by atoms with E-state index in [2.05, 4.69) is 82.3 Å². The van der Waals surface area contributed by atoms with Crippen LogP contribution in [0.25, 0.3) is 0 Å². The highest BCUT2D eigenvalue weighted by Crippen LogP contribution is 2.35. The Bertz CT molecular complexity index is 719. The summed E-state index contributed by atoms with van der Waals surface area (Å²) < 4.78 is 6.39. The van der Waals surface area contributed by atoms with Gasteiger partial charge in [0.1, 0.15) is 0 Å². The number of hydrogen-bond acceptors (Lipinski definition) is 1. The monoisotopic (exact) mass is 392 g/mol. The standard InChI is InChI=1S/C28H40O/c1-5-22(3)10-11-23-12-14-25(15-13-23)20-24-8-7-9-27(19-18-24)28(4,6-2)29-21-26-16-17-26/h7-9,12-15,18-19,22,26-27H,5-6,10-11,16-17,20-21H2,1-4H3. The maximum absolute atomic E-state index is 6.39. The predicted octanol–water partition coefficient (Wildman–Crippen LogP) is 7.47. The zero-order valence-electron chi connectivity index (χ0n) is 19.0. The summed E-state index contributed by atoms with van der Waals surface area (Å²) in [5.74, 6) is 1.96. The lowest BCUT2D eigenvalue weighted by molar-refractivity contribution is -0.0572. The highest BCUT2D eigenvalue weighted by molar-refractivity contribution is 5.35. The third kappa shape index (κ3) is 6.71. The average molecular weight is 393 g/mol. The lowest BCUT2D eigenvalue weighted by atomic mass is 9.85. The van der Waals surface area contributed by atoms with Crippen LogP contribution >= 0.6 is 0 Å². The van der Waals surface area contributed by atoms with E-state index < -0.39 is 0 Å². The maximum Gasteiger partial charge on any atom is 0.0748 e. The normalized spacial score (nSPS) is 22.1. The molecule has 158 valence electrons. The minimum Gasteiger partial charge on any atom is -0.374 e. The van der Waals surface area contributed by atoms with E-state index in [1.807, 2.05) is 0 Å². The van der Waals surface area contributed by atoms with E-state index in [0.29, 0.717) is 5.92 Å². The van der Waals surface area contributed by atoms with Gasteiger partial charge in [-0.1, -0.05) is 81.8 Å². The predicted molar refractivity (Wildman–Crippen MR) is 125 cm³/mol. The van der Waals surface area contributed by atoms with Gasteiger partial charge in [0, 0.05) is 5.92 Å². The Morgan fingerprint density at radius 2 is 1.79 bits per heavy atom. The fourth-order valence-electron chi connectivity index (χ4n) is 3.87. The van der Waals surface area contributed by atoms with Crippen LogP contribution in [0.1, 0.15) is 70.9 Å². The molecule has 2 aliphatic rings. The van der Waals surface area contributed by atoms with Crippen LogP contribution in [-0.2, 0) is 17.6 Å². The quantitative estimate of drug-likeness (QED) is 0.379. The fraction of sp³-hybridized carbons (Fsp3) is 0.571. The van der Waals surface area contributed by atoms with Crippen molar-refractivity contribution in [1.29, 1.82) is 0 Å². The van der Waals surface area contributed by atoms with Gasteiger partial charge >= 0.3 is 0 Å². The van der Waals surface area contributed by atoms with Gasteiger partial charge in [0.25, 0.3) is 0 Å². The Morgan fingerprint density at radius 1 is 1.07 bits per heavy atom. The molecule has 1 saturated carbocycles. The Balaban J connectivity index is 1.56. The summed E-state index contributed by atoms with van der Waals surface area (Å²) >= 11 is 0. The zero-order valence-corrected chi connectivity index (χ0v) is 19.0. The van der Waals surface area contributed by atoms with Crippen LogP contribution in [0, 0.1) is 17.8 Å². The molecule has 1 aromatic rings. The highest BCUT2D eigenvalue weighted by atomic mass is 16.5. The molecule has 0 radical (unpaired) electrons. The number of allylic oxidation sites excluding steroid dienone is 4. The van der Waals surface area contributed by atoms with Crippen LogP contribution < -0.4 is 0 Å². The first kappa shape index (κ1) is 22.1. The van der Waals surface area contributed by atoms with Gasteiger partial charge in [-0.3, -0.25) is 0 Å². The van der Waals surface area contributed by atoms with E-state index in [1.165, 1.54) is 48.8 Å². The molecule has 29 heavy (non-hydrogen) atoms. The van der Waals surface area contributed by atoms with E-state index in [0.717, 1.165) is 31.3 Å². The molecule has 0 aliphatic heterocycles. The largest absolute Gasteiger partial charge is 0.374 e. The van der Waals surface area contributed by atoms with Gasteiger partial charge in [-0.2, -0.15) is 0 Å². The Morgan fingerprint density at radius 3 is 2.45 bits per heavy atom. The maximum atomic E-state index is 6.39. The van der Waals surface area contributed by atoms with Gasteiger partial charge in [0.2, 0.25) is 0 Å². The summed E-state index contributed by atoms with van der Waals surface area (Å²) in [5, 5.41) is 0. The number of hydrogen-bond donors (Lipinski definition) is 0. The van der Waals surface area contributed by atoms with E-state index in [9.17, 15) is 0 Å². The van der Waals surface area contributed by atoms with E-state index >= 15 is 0 Å². The molecule has 0 N–H and O–H groups in total. The molecule has 0 amide bonds. The summed E-state index contributed by atoms with van der Waals surface area (Å²) in [6.07, 6.45) is 20.0. The molecule has 0 heterocycles. The first-order valence-electron chi connectivity index (χ1n) is 11.8. The summed E-state index contributed by atoms with van der Waals surface area (Å²) in [7, 11) is 0. The molecule has 3 atom stereocenters. The molecule has 0 saturated heterocycles. The molecular weight excluding hydrogens is 352 g/mol. The molecule has 1 aromatic carbocycles. The zero-order chi connectivity index (χ0) is 20.7. The van der Waals surface area contributed by atoms with Crippen molar-refractivity contribution in [1.82, 2.24) is 0 Å². The lowest BCUT2D eigenvalue weighted by Crippen LogP contribution is -2.36. The third-order valence-corrected chi connectivity index (χ3v) is 6.95. The van der Waals surface area contributed by atoms with Crippen LogP contribution in [0.2, 0.25) is 0 Å². The third-order valence-electron chi connectivity index (χ3n) is 6.95. The van der Waals surface area contributed by atoms with Crippen molar-refractivity contribution in [2.24, 2.45) is 17.8 Å². The van der Waals surface area contributed by atoms with Crippen LogP contribution in [0.3, 0.4) is 0 Å². The number of benzene rings is 1. The Labute approximate surface area is 178 Å².